The maximum Gasteiger partial charge on any atom is 0.240 e. The smallest absolute Gasteiger partial charge is 0.240 e. The highest BCUT2D eigenvalue weighted by Gasteiger charge is 2.25. The predicted octanol–water partition coefficient (Wildman–Crippen LogP) is 1.52. The Hall–Kier alpha value is -1.11. The van der Waals surface area contributed by atoms with E-state index in [1.807, 2.05) is 13.8 Å². The molecule has 0 radical (unpaired) electrons. The van der Waals surface area contributed by atoms with Gasteiger partial charge in [-0.3, -0.25) is 0 Å². The van der Waals surface area contributed by atoms with Crippen LogP contribution in [0.25, 0.3) is 0 Å². The molecule has 0 aromatic heterocycles. The van der Waals surface area contributed by atoms with Crippen molar-refractivity contribution in [3.8, 4) is 5.75 Å². The van der Waals surface area contributed by atoms with Gasteiger partial charge in [0.15, 0.2) is 0 Å². The van der Waals surface area contributed by atoms with E-state index in [0.29, 0.717) is 18.6 Å². The number of rotatable bonds is 7. The summed E-state index contributed by atoms with van der Waals surface area (Å²) in [6.07, 6.45) is 0.980. The Kier molecular flexibility index (Phi) is 5.34. The molecule has 1 aromatic carbocycles. The van der Waals surface area contributed by atoms with Crippen LogP contribution in [-0.2, 0) is 10.0 Å². The van der Waals surface area contributed by atoms with Gasteiger partial charge in [0.1, 0.15) is 5.75 Å². The van der Waals surface area contributed by atoms with E-state index < -0.39 is 15.6 Å². The molecule has 0 aliphatic carbocycles. The van der Waals surface area contributed by atoms with Crippen LogP contribution in [0.1, 0.15) is 26.7 Å². The van der Waals surface area contributed by atoms with Gasteiger partial charge in [-0.25, -0.2) is 13.1 Å². The molecule has 0 aliphatic rings. The zero-order valence-corrected chi connectivity index (χ0v) is 12.3. The van der Waals surface area contributed by atoms with Crippen molar-refractivity contribution in [3.05, 3.63) is 24.3 Å². The number of hydrogen-bond donors (Lipinski definition) is 2. The Morgan fingerprint density at radius 2 is 1.95 bits per heavy atom. The zero-order valence-electron chi connectivity index (χ0n) is 11.5. The summed E-state index contributed by atoms with van der Waals surface area (Å²) in [5.41, 5.74) is -1.01. The molecule has 0 atom stereocenters. The summed E-state index contributed by atoms with van der Waals surface area (Å²) < 4.78 is 31.6. The van der Waals surface area contributed by atoms with Gasteiger partial charge in [-0.2, -0.15) is 0 Å². The Bertz CT molecular complexity index is 509. The van der Waals surface area contributed by atoms with Gasteiger partial charge < -0.3 is 9.84 Å². The third-order valence-electron chi connectivity index (χ3n) is 3.26. The minimum absolute atomic E-state index is 0.000453. The van der Waals surface area contributed by atoms with E-state index in [-0.39, 0.29) is 11.4 Å². The van der Waals surface area contributed by atoms with Crippen molar-refractivity contribution >= 4 is 10.0 Å². The third kappa shape index (κ3) is 4.19. The highest BCUT2D eigenvalue weighted by Crippen LogP contribution is 2.18. The first-order valence-corrected chi connectivity index (χ1v) is 7.71. The van der Waals surface area contributed by atoms with Crippen molar-refractivity contribution in [1.82, 2.24) is 4.72 Å². The fourth-order valence-electron chi connectivity index (χ4n) is 1.58. The topological polar surface area (TPSA) is 75.6 Å². The maximum absolute atomic E-state index is 12.1. The zero-order chi connectivity index (χ0) is 14.5. The van der Waals surface area contributed by atoms with E-state index >= 15 is 0 Å². The fourth-order valence-corrected chi connectivity index (χ4v) is 2.74. The molecule has 0 bridgehead atoms. The van der Waals surface area contributed by atoms with Crippen LogP contribution in [0.5, 0.6) is 5.75 Å². The van der Waals surface area contributed by atoms with Gasteiger partial charge in [0, 0.05) is 12.6 Å². The van der Waals surface area contributed by atoms with Gasteiger partial charge in [0.05, 0.1) is 17.6 Å². The first kappa shape index (κ1) is 15.9. The van der Waals surface area contributed by atoms with Crippen molar-refractivity contribution in [2.45, 2.75) is 37.2 Å². The lowest BCUT2D eigenvalue weighted by atomic mass is 9.98. The second-order valence-corrected chi connectivity index (χ2v) is 6.20. The molecule has 5 nitrogen and oxygen atoms in total. The summed E-state index contributed by atoms with van der Waals surface area (Å²) >= 11 is 0. The van der Waals surface area contributed by atoms with Gasteiger partial charge in [-0.05, 0) is 25.0 Å². The van der Waals surface area contributed by atoms with Crippen LogP contribution < -0.4 is 9.46 Å². The number of sulfonamides is 1. The third-order valence-corrected chi connectivity index (χ3v) is 4.66. The molecule has 0 amide bonds. The highest BCUT2D eigenvalue weighted by molar-refractivity contribution is 7.89. The van der Waals surface area contributed by atoms with Gasteiger partial charge in [0.25, 0.3) is 0 Å². The molecule has 0 saturated carbocycles. The van der Waals surface area contributed by atoms with E-state index in [1.54, 1.807) is 12.1 Å². The monoisotopic (exact) mass is 287 g/mol. The summed E-state index contributed by atoms with van der Waals surface area (Å²) in [7, 11) is -2.16. The van der Waals surface area contributed by atoms with Crippen LogP contribution >= 0.6 is 0 Å². The Labute approximate surface area is 114 Å². The van der Waals surface area contributed by atoms with Crippen LogP contribution in [0.2, 0.25) is 0 Å². The number of nitrogens with one attached hydrogen (secondary N) is 1. The summed E-state index contributed by atoms with van der Waals surface area (Å²) in [6, 6.07) is 6.22. The quantitative estimate of drug-likeness (QED) is 0.797. The first-order valence-electron chi connectivity index (χ1n) is 6.23. The number of ether oxygens (including phenoxy) is 1. The molecule has 108 valence electrons. The SMILES string of the molecule is CCC(O)(CC)CNS(=O)(=O)c1cccc(OC)c1. The number of benzene rings is 1. The minimum Gasteiger partial charge on any atom is -0.497 e. The van der Waals surface area contributed by atoms with E-state index in [2.05, 4.69) is 4.72 Å². The Morgan fingerprint density at radius 3 is 2.47 bits per heavy atom. The van der Waals surface area contributed by atoms with Gasteiger partial charge in [0.2, 0.25) is 10.0 Å². The van der Waals surface area contributed by atoms with Gasteiger partial charge >= 0.3 is 0 Å². The number of hydrogen-bond acceptors (Lipinski definition) is 4. The van der Waals surface area contributed by atoms with Crippen molar-refractivity contribution < 1.29 is 18.3 Å². The summed E-state index contributed by atoms with van der Waals surface area (Å²) in [6.45, 7) is 3.65. The summed E-state index contributed by atoms with van der Waals surface area (Å²) in [5.74, 6) is 0.476. The lowest BCUT2D eigenvalue weighted by molar-refractivity contribution is 0.0377. The van der Waals surface area contributed by atoms with Crippen LogP contribution in [0.3, 0.4) is 0 Å². The van der Waals surface area contributed by atoms with Gasteiger partial charge in [-0.15, -0.1) is 0 Å². The molecule has 0 spiro atoms. The molecule has 0 unspecified atom stereocenters. The molecule has 6 heteroatoms. The Morgan fingerprint density at radius 1 is 1.32 bits per heavy atom. The van der Waals surface area contributed by atoms with Crippen LogP contribution in [0, 0.1) is 0 Å². The average molecular weight is 287 g/mol. The number of methoxy groups -OCH3 is 1. The minimum atomic E-state index is -3.64. The van der Waals surface area contributed by atoms with E-state index in [4.69, 9.17) is 4.74 Å². The molecule has 0 heterocycles. The maximum atomic E-state index is 12.1. The van der Waals surface area contributed by atoms with Crippen LogP contribution in [-0.4, -0.2) is 32.8 Å². The van der Waals surface area contributed by atoms with Crippen molar-refractivity contribution in [2.24, 2.45) is 0 Å². The summed E-state index contributed by atoms with van der Waals surface area (Å²) in [5, 5.41) is 10.1. The standard InChI is InChI=1S/C13H21NO4S/c1-4-13(15,5-2)10-14-19(16,17)12-8-6-7-11(9-12)18-3/h6-9,14-15H,4-5,10H2,1-3H3. The van der Waals surface area contributed by atoms with E-state index in [1.165, 1.54) is 19.2 Å². The molecular formula is C13H21NO4S. The fraction of sp³-hybridized carbons (Fsp3) is 0.538. The van der Waals surface area contributed by atoms with E-state index in [0.717, 1.165) is 0 Å². The normalized spacial score (nSPS) is 12.4. The van der Waals surface area contributed by atoms with Crippen molar-refractivity contribution in [3.63, 3.8) is 0 Å². The lowest BCUT2D eigenvalue weighted by Crippen LogP contribution is -2.41. The van der Waals surface area contributed by atoms with Crippen LogP contribution in [0.15, 0.2) is 29.2 Å². The predicted molar refractivity (Wildman–Crippen MR) is 73.7 cm³/mol. The largest absolute Gasteiger partial charge is 0.497 e. The molecule has 19 heavy (non-hydrogen) atoms. The number of aliphatic hydroxyl groups is 1. The molecule has 0 aliphatic heterocycles. The molecule has 2 N–H and O–H groups in total. The summed E-state index contributed by atoms with van der Waals surface area (Å²) in [4.78, 5) is 0.126. The van der Waals surface area contributed by atoms with Crippen LogP contribution in [0.4, 0.5) is 0 Å². The molecule has 0 fully saturated rings. The molecule has 1 rings (SSSR count). The molecular weight excluding hydrogens is 266 g/mol. The first-order chi connectivity index (χ1) is 8.87. The van der Waals surface area contributed by atoms with Gasteiger partial charge in [-0.1, -0.05) is 19.9 Å². The molecule has 0 saturated heterocycles. The highest BCUT2D eigenvalue weighted by atomic mass is 32.2. The Balaban J connectivity index is 2.86. The van der Waals surface area contributed by atoms with Crippen molar-refractivity contribution in [2.75, 3.05) is 13.7 Å². The second-order valence-electron chi connectivity index (χ2n) is 4.43. The van der Waals surface area contributed by atoms with Crippen molar-refractivity contribution in [1.29, 1.82) is 0 Å². The molecule has 1 aromatic rings. The second kappa shape index (κ2) is 6.36. The van der Waals surface area contributed by atoms with E-state index in [9.17, 15) is 13.5 Å². The average Bonchev–Trinajstić information content (AvgIpc) is 2.45. The lowest BCUT2D eigenvalue weighted by Gasteiger charge is -2.25.